The van der Waals surface area contributed by atoms with Crippen LogP contribution in [0.1, 0.15) is 78.4 Å². The highest BCUT2D eigenvalue weighted by atomic mass is 28.4. The summed E-state index contributed by atoms with van der Waals surface area (Å²) in [7, 11) is 0.314. The second-order valence-corrected chi connectivity index (χ2v) is 32.4. The van der Waals surface area contributed by atoms with Crippen LogP contribution < -0.4 is 9.16 Å². The molecule has 4 bridgehead atoms. The molecule has 10 rings (SSSR count). The summed E-state index contributed by atoms with van der Waals surface area (Å²) in [5.41, 5.74) is 5.08. The summed E-state index contributed by atoms with van der Waals surface area (Å²) in [5.74, 6) is 3.39. The van der Waals surface area contributed by atoms with Gasteiger partial charge in [-0.15, -0.1) is 0 Å². The molecular weight excluding hydrogens is 733 g/mol. The molecule has 1 aromatic rings. The van der Waals surface area contributed by atoms with E-state index in [1.165, 1.54) is 22.3 Å². The Morgan fingerprint density at radius 2 is 1.34 bits per heavy atom. The molecule has 56 heavy (non-hydrogen) atoms. The van der Waals surface area contributed by atoms with Crippen LogP contribution >= 0.6 is 0 Å². The number of rotatable bonds is 3. The van der Waals surface area contributed by atoms with Crippen molar-refractivity contribution >= 4 is 16.4 Å². The first-order valence-corrected chi connectivity index (χ1v) is 27.4. The van der Waals surface area contributed by atoms with Crippen molar-refractivity contribution in [1.29, 1.82) is 0 Å². The van der Waals surface area contributed by atoms with Crippen molar-refractivity contribution in [3.8, 4) is 11.5 Å². The highest BCUT2D eigenvalue weighted by Gasteiger charge is 2.70. The molecule has 1 aromatic carbocycles. The third-order valence-corrected chi connectivity index (χ3v) is 28.3. The van der Waals surface area contributed by atoms with Gasteiger partial charge in [-0.05, 0) is 99.7 Å². The van der Waals surface area contributed by atoms with E-state index in [9.17, 15) is 15.3 Å². The minimum absolute atomic E-state index is 0.0374. The molecule has 0 radical (unpaired) electrons. The topological polar surface area (TPSA) is 94.9 Å². The number of likely N-dealkylation sites (N-methyl/N-ethyl adjacent to an activating group) is 1. The zero-order valence-electron chi connectivity index (χ0n) is 36.1. The Balaban J connectivity index is 0.000000146. The molecule has 1 saturated carbocycles. The van der Waals surface area contributed by atoms with Crippen LogP contribution in [0.4, 0.5) is 0 Å². The van der Waals surface area contributed by atoms with Crippen LogP contribution in [0.15, 0.2) is 59.4 Å². The standard InChI is InChI=1S/C23H33NO3Si.C23H35NO3Si/c1-22(2,3)28(5,6)27-18-10-7-14-13-16-15-8-9-17(25)21-23(15,11-12-24(16)4)19(14)20(18)26-21;1-21(2,3)28(5,6)23(26)10-9-14-13-16-15-7-8-17(25)19-22(15,11-12-24(16)4)18(14)20(23)27-19/h7-10,15-17,21,25H,11-13H2,1-6H3;7-9,15-17,19,25-26H,10-13H2,1-6H3/t15-,16+,17-,21-,23-;15-,16+,17-,19-,22-,23?/m00/s1. The molecule has 9 aliphatic rings. The van der Waals surface area contributed by atoms with Crippen molar-refractivity contribution in [3.63, 3.8) is 0 Å². The monoisotopic (exact) mass is 800 g/mol. The predicted molar refractivity (Wildman–Crippen MR) is 227 cm³/mol. The molecule has 0 aromatic heterocycles. The molecule has 1 unspecified atom stereocenters. The van der Waals surface area contributed by atoms with E-state index < -0.39 is 33.8 Å². The zero-order chi connectivity index (χ0) is 40.3. The van der Waals surface area contributed by atoms with E-state index in [0.29, 0.717) is 30.3 Å². The van der Waals surface area contributed by atoms with Gasteiger partial charge in [-0.3, -0.25) is 0 Å². The van der Waals surface area contributed by atoms with E-state index in [-0.39, 0.29) is 33.1 Å². The van der Waals surface area contributed by atoms with Crippen LogP contribution in [-0.4, -0.2) is 110 Å². The van der Waals surface area contributed by atoms with E-state index in [1.54, 1.807) is 0 Å². The molecule has 11 atom stereocenters. The van der Waals surface area contributed by atoms with Gasteiger partial charge in [-0.1, -0.05) is 91.1 Å². The molecule has 3 fully saturated rings. The minimum Gasteiger partial charge on any atom is -0.541 e. The first kappa shape index (κ1) is 39.3. The maximum absolute atomic E-state index is 12.2. The van der Waals surface area contributed by atoms with Crippen molar-refractivity contribution in [3.05, 3.63) is 70.5 Å². The fourth-order valence-electron chi connectivity index (χ4n) is 12.4. The fourth-order valence-corrected chi connectivity index (χ4v) is 16.0. The third kappa shape index (κ3) is 4.93. The zero-order valence-corrected chi connectivity index (χ0v) is 38.1. The lowest BCUT2D eigenvalue weighted by Crippen LogP contribution is -2.64. The quantitative estimate of drug-likeness (QED) is 0.217. The minimum atomic E-state index is -2.17. The average molecular weight is 801 g/mol. The molecule has 5 aliphatic carbocycles. The maximum Gasteiger partial charge on any atom is 0.250 e. The summed E-state index contributed by atoms with van der Waals surface area (Å²) >= 11 is 0. The smallest absolute Gasteiger partial charge is 0.250 e. The Kier molecular flexibility index (Phi) is 8.56. The molecule has 2 saturated heterocycles. The van der Waals surface area contributed by atoms with Gasteiger partial charge in [0.05, 0.1) is 0 Å². The number of aliphatic hydroxyl groups excluding tert-OH is 2. The van der Waals surface area contributed by atoms with Gasteiger partial charge in [-0.2, -0.15) is 0 Å². The molecule has 4 heterocycles. The van der Waals surface area contributed by atoms with Crippen molar-refractivity contribution in [1.82, 2.24) is 9.80 Å². The highest BCUT2D eigenvalue weighted by Crippen LogP contribution is 2.68. The van der Waals surface area contributed by atoms with Gasteiger partial charge < -0.3 is 39.0 Å². The highest BCUT2D eigenvalue weighted by molar-refractivity contribution is 6.83. The van der Waals surface area contributed by atoms with Crippen molar-refractivity contribution in [2.24, 2.45) is 17.3 Å². The van der Waals surface area contributed by atoms with Crippen LogP contribution in [0, 0.1) is 17.3 Å². The molecule has 4 aliphatic heterocycles. The largest absolute Gasteiger partial charge is 0.541 e. The Hall–Kier alpha value is -2.19. The Bertz CT molecular complexity index is 1960. The Morgan fingerprint density at radius 3 is 1.95 bits per heavy atom. The molecule has 10 heteroatoms. The maximum atomic E-state index is 12.2. The summed E-state index contributed by atoms with van der Waals surface area (Å²) in [6.07, 6.45) is 13.8. The van der Waals surface area contributed by atoms with Gasteiger partial charge in [0.25, 0.3) is 8.32 Å². The summed E-state index contributed by atoms with van der Waals surface area (Å²) in [6.45, 7) is 24.8. The lowest BCUT2D eigenvalue weighted by molar-refractivity contribution is -0.0973. The van der Waals surface area contributed by atoms with E-state index in [0.717, 1.165) is 56.0 Å². The van der Waals surface area contributed by atoms with Crippen molar-refractivity contribution in [2.75, 3.05) is 27.2 Å². The van der Waals surface area contributed by atoms with Crippen LogP contribution in [0.25, 0.3) is 0 Å². The van der Waals surface area contributed by atoms with Gasteiger partial charge in [0.1, 0.15) is 49.2 Å². The SMILES string of the molecule is CN1CC[C@]23C4=C5O[C@H]2[C@@H](O)C=C[C@H]3[C@H]1CC4=CCC5(O)[Si](C)(C)C(C)(C)C.CN1CC[C@]23c4c5ccc(O[Si](C)(C)C(C)(C)C)c4O[C@H]2[C@@H](O)C=C[C@H]3[C@H]1C5. The van der Waals surface area contributed by atoms with E-state index in [2.05, 4.69) is 122 Å². The van der Waals surface area contributed by atoms with Crippen LogP contribution in [0.3, 0.4) is 0 Å². The number of aliphatic hydroxyl groups is 3. The number of likely N-dealkylation sites (tertiary alicyclic amines) is 2. The summed E-state index contributed by atoms with van der Waals surface area (Å²) in [6, 6.07) is 5.33. The normalized spacial score (nSPS) is 40.5. The lowest BCUT2D eigenvalue weighted by atomic mass is 9.51. The van der Waals surface area contributed by atoms with Crippen molar-refractivity contribution in [2.45, 2.75) is 157 Å². The van der Waals surface area contributed by atoms with Gasteiger partial charge in [0.2, 0.25) is 0 Å². The number of nitrogens with zero attached hydrogens (tertiary/aromatic N) is 2. The predicted octanol–water partition coefficient (Wildman–Crippen LogP) is 7.27. The second-order valence-electron chi connectivity index (χ2n) is 22.1. The van der Waals surface area contributed by atoms with Crippen LogP contribution in [-0.2, 0) is 16.6 Å². The van der Waals surface area contributed by atoms with Gasteiger partial charge in [0, 0.05) is 45.9 Å². The third-order valence-electron chi connectivity index (χ3n) is 17.7. The molecular formula is C46H68N2O6Si2. The van der Waals surface area contributed by atoms with E-state index in [1.807, 2.05) is 12.2 Å². The van der Waals surface area contributed by atoms with E-state index >= 15 is 0 Å². The first-order chi connectivity index (χ1) is 26.0. The number of hydrogen-bond donors (Lipinski definition) is 3. The number of ether oxygens (including phenoxy) is 2. The Morgan fingerprint density at radius 1 is 0.768 bits per heavy atom. The molecule has 306 valence electrons. The van der Waals surface area contributed by atoms with Gasteiger partial charge >= 0.3 is 0 Å². The van der Waals surface area contributed by atoms with Crippen LogP contribution in [0.2, 0.25) is 36.3 Å². The summed E-state index contributed by atoms with van der Waals surface area (Å²) < 4.78 is 20.0. The fraction of sp³-hybridized carbons (Fsp3) is 0.696. The van der Waals surface area contributed by atoms with Gasteiger partial charge in [0.15, 0.2) is 5.75 Å². The summed E-state index contributed by atoms with van der Waals surface area (Å²) in [5, 5.41) is 33.2. The first-order valence-electron chi connectivity index (χ1n) is 21.5. The van der Waals surface area contributed by atoms with Crippen LogP contribution in [0.5, 0.6) is 11.5 Å². The molecule has 2 spiro atoms. The second kappa shape index (κ2) is 12.2. The number of benzene rings is 1. The molecule has 3 N–H and O–H groups in total. The number of piperidine rings is 2. The number of hydrogen-bond acceptors (Lipinski definition) is 8. The Labute approximate surface area is 337 Å². The molecule has 8 nitrogen and oxygen atoms in total. The molecule has 0 amide bonds. The summed E-state index contributed by atoms with van der Waals surface area (Å²) in [4.78, 5) is 4.98. The van der Waals surface area contributed by atoms with Crippen molar-refractivity contribution < 1.29 is 29.2 Å². The van der Waals surface area contributed by atoms with Gasteiger partial charge in [-0.25, -0.2) is 0 Å². The lowest BCUT2D eigenvalue weighted by Gasteiger charge is -2.58. The average Bonchev–Trinajstić information content (AvgIpc) is 3.66. The van der Waals surface area contributed by atoms with E-state index in [4.69, 9.17) is 13.9 Å².